The van der Waals surface area contributed by atoms with Gasteiger partial charge >= 0.3 is 5.97 Å². The van der Waals surface area contributed by atoms with Gasteiger partial charge < -0.3 is 10.4 Å². The first kappa shape index (κ1) is 16.0. The van der Waals surface area contributed by atoms with E-state index in [1.54, 1.807) is 0 Å². The molecule has 2 aromatic carbocycles. The van der Waals surface area contributed by atoms with Crippen molar-refractivity contribution in [1.82, 2.24) is 10.2 Å². The maximum Gasteiger partial charge on any atom is 0.317 e. The summed E-state index contributed by atoms with van der Waals surface area (Å²) in [6.45, 7) is 3.84. The minimum absolute atomic E-state index is 0.150. The van der Waals surface area contributed by atoms with Crippen molar-refractivity contribution in [2.45, 2.75) is 38.4 Å². The maximum absolute atomic E-state index is 10.9. The molecule has 0 amide bonds. The van der Waals surface area contributed by atoms with E-state index in [0.717, 1.165) is 25.9 Å². The quantitative estimate of drug-likeness (QED) is 0.825. The molecule has 0 aliphatic heterocycles. The number of carboxylic acids is 1. The van der Waals surface area contributed by atoms with Crippen LogP contribution in [0.2, 0.25) is 0 Å². The molecule has 4 nitrogen and oxygen atoms in total. The summed E-state index contributed by atoms with van der Waals surface area (Å²) in [5.41, 5.74) is 1.32. The normalized spacial score (nSPS) is 20.6. The molecule has 0 spiro atoms. The van der Waals surface area contributed by atoms with Crippen molar-refractivity contribution in [3.8, 4) is 0 Å². The highest BCUT2D eigenvalue weighted by molar-refractivity contribution is 5.85. The van der Waals surface area contributed by atoms with Gasteiger partial charge in [0.25, 0.3) is 0 Å². The Labute approximate surface area is 137 Å². The first-order valence-electron chi connectivity index (χ1n) is 8.33. The summed E-state index contributed by atoms with van der Waals surface area (Å²) < 4.78 is 0. The van der Waals surface area contributed by atoms with E-state index in [9.17, 15) is 4.79 Å². The van der Waals surface area contributed by atoms with E-state index in [1.807, 2.05) is 6.92 Å². The zero-order valence-electron chi connectivity index (χ0n) is 13.5. The number of hydrogen-bond donors (Lipinski definition) is 2. The standard InChI is InChI=1S/C19H24N2O2/c1-2-21(13-19(22)23)17-10-16(11-17)20-12-15-8-5-7-14-6-3-4-9-18(14)15/h3-9,16-17,20H,2,10-13H2,1H3,(H,22,23). The number of fused-ring (bicyclic) bond motifs is 1. The van der Waals surface area contributed by atoms with Crippen molar-refractivity contribution in [3.63, 3.8) is 0 Å². The summed E-state index contributed by atoms with van der Waals surface area (Å²) in [7, 11) is 0. The van der Waals surface area contributed by atoms with Crippen molar-refractivity contribution >= 4 is 16.7 Å². The van der Waals surface area contributed by atoms with Crippen LogP contribution < -0.4 is 5.32 Å². The third-order valence-corrected chi connectivity index (χ3v) is 4.84. The van der Waals surface area contributed by atoms with Gasteiger partial charge in [-0.2, -0.15) is 0 Å². The van der Waals surface area contributed by atoms with Crippen LogP contribution in [-0.4, -0.2) is 41.1 Å². The van der Waals surface area contributed by atoms with Crippen LogP contribution in [0.1, 0.15) is 25.3 Å². The molecule has 23 heavy (non-hydrogen) atoms. The van der Waals surface area contributed by atoms with Crippen LogP contribution >= 0.6 is 0 Å². The number of likely N-dealkylation sites (N-methyl/N-ethyl adjacent to an activating group) is 1. The molecule has 0 atom stereocenters. The lowest BCUT2D eigenvalue weighted by atomic mass is 9.85. The fourth-order valence-corrected chi connectivity index (χ4v) is 3.43. The second-order valence-electron chi connectivity index (χ2n) is 6.30. The van der Waals surface area contributed by atoms with Crippen LogP contribution in [0.3, 0.4) is 0 Å². The highest BCUT2D eigenvalue weighted by atomic mass is 16.4. The first-order valence-corrected chi connectivity index (χ1v) is 8.33. The highest BCUT2D eigenvalue weighted by Crippen LogP contribution is 2.26. The Bertz CT molecular complexity index is 675. The molecule has 122 valence electrons. The summed E-state index contributed by atoms with van der Waals surface area (Å²) in [4.78, 5) is 12.9. The molecule has 3 rings (SSSR count). The van der Waals surface area contributed by atoms with Gasteiger partial charge in [0.05, 0.1) is 6.54 Å². The van der Waals surface area contributed by atoms with Gasteiger partial charge in [0.2, 0.25) is 0 Å². The molecule has 1 fully saturated rings. The lowest BCUT2D eigenvalue weighted by molar-refractivity contribution is -0.139. The molecule has 1 saturated carbocycles. The van der Waals surface area contributed by atoms with Crippen LogP contribution in [0.25, 0.3) is 10.8 Å². The number of aliphatic carboxylic acids is 1. The highest BCUT2D eigenvalue weighted by Gasteiger charge is 2.33. The molecule has 2 aromatic rings. The number of nitrogens with one attached hydrogen (secondary N) is 1. The average Bonchev–Trinajstić information content (AvgIpc) is 2.52. The molecule has 0 radical (unpaired) electrons. The Morgan fingerprint density at radius 2 is 1.96 bits per heavy atom. The van der Waals surface area contributed by atoms with Crippen molar-refractivity contribution in [2.75, 3.05) is 13.1 Å². The molecule has 1 aliphatic rings. The van der Waals surface area contributed by atoms with E-state index < -0.39 is 5.97 Å². The third kappa shape index (κ3) is 3.71. The lowest BCUT2D eigenvalue weighted by Gasteiger charge is -2.42. The van der Waals surface area contributed by atoms with E-state index >= 15 is 0 Å². The Hall–Kier alpha value is -1.91. The molecule has 1 aliphatic carbocycles. The predicted octanol–water partition coefficient (Wildman–Crippen LogP) is 2.87. The van der Waals surface area contributed by atoms with Crippen LogP contribution in [-0.2, 0) is 11.3 Å². The van der Waals surface area contributed by atoms with Gasteiger partial charge in [0.1, 0.15) is 0 Å². The van der Waals surface area contributed by atoms with Gasteiger partial charge in [0, 0.05) is 18.6 Å². The summed E-state index contributed by atoms with van der Waals surface area (Å²) in [5, 5.41) is 15.1. The monoisotopic (exact) mass is 312 g/mol. The van der Waals surface area contributed by atoms with Crippen LogP contribution in [0, 0.1) is 0 Å². The molecular weight excluding hydrogens is 288 g/mol. The molecule has 0 saturated heterocycles. The predicted molar refractivity (Wildman–Crippen MR) is 92.5 cm³/mol. The van der Waals surface area contributed by atoms with Gasteiger partial charge in [0.15, 0.2) is 0 Å². The molecule has 0 heterocycles. The summed E-state index contributed by atoms with van der Waals surface area (Å²) >= 11 is 0. The minimum Gasteiger partial charge on any atom is -0.480 e. The summed E-state index contributed by atoms with van der Waals surface area (Å²) in [5.74, 6) is -0.737. The Morgan fingerprint density at radius 1 is 1.22 bits per heavy atom. The van der Waals surface area contributed by atoms with Gasteiger partial charge in [-0.05, 0) is 35.7 Å². The van der Waals surface area contributed by atoms with Crippen molar-refractivity contribution in [3.05, 3.63) is 48.0 Å². The van der Waals surface area contributed by atoms with Crippen LogP contribution in [0.5, 0.6) is 0 Å². The zero-order valence-corrected chi connectivity index (χ0v) is 13.5. The number of nitrogens with zero attached hydrogens (tertiary/aromatic N) is 1. The molecule has 0 unspecified atom stereocenters. The molecule has 4 heteroatoms. The van der Waals surface area contributed by atoms with E-state index in [4.69, 9.17) is 5.11 Å². The Balaban J connectivity index is 1.53. The third-order valence-electron chi connectivity index (χ3n) is 4.84. The first-order chi connectivity index (χ1) is 11.2. The minimum atomic E-state index is -0.737. The van der Waals surface area contributed by atoms with Crippen LogP contribution in [0.4, 0.5) is 0 Å². The second-order valence-corrected chi connectivity index (χ2v) is 6.30. The zero-order chi connectivity index (χ0) is 16.2. The second kappa shape index (κ2) is 7.11. The van der Waals surface area contributed by atoms with Gasteiger partial charge in [-0.15, -0.1) is 0 Å². The van der Waals surface area contributed by atoms with Gasteiger partial charge in [-0.3, -0.25) is 9.69 Å². The smallest absolute Gasteiger partial charge is 0.317 e. The molecular formula is C19H24N2O2. The molecule has 0 aromatic heterocycles. The number of carbonyl (C=O) groups is 1. The van der Waals surface area contributed by atoms with Crippen molar-refractivity contribution < 1.29 is 9.90 Å². The maximum atomic E-state index is 10.9. The average molecular weight is 312 g/mol. The number of hydrogen-bond acceptors (Lipinski definition) is 3. The van der Waals surface area contributed by atoms with E-state index in [0.29, 0.717) is 12.1 Å². The van der Waals surface area contributed by atoms with E-state index in [-0.39, 0.29) is 6.54 Å². The van der Waals surface area contributed by atoms with Crippen LogP contribution in [0.15, 0.2) is 42.5 Å². The van der Waals surface area contributed by atoms with Gasteiger partial charge in [-0.25, -0.2) is 0 Å². The summed E-state index contributed by atoms with van der Waals surface area (Å²) in [6.07, 6.45) is 2.07. The van der Waals surface area contributed by atoms with Crippen molar-refractivity contribution in [1.29, 1.82) is 0 Å². The number of carboxylic acid groups (broad SMARTS) is 1. The number of benzene rings is 2. The fourth-order valence-electron chi connectivity index (χ4n) is 3.43. The Morgan fingerprint density at radius 3 is 2.70 bits per heavy atom. The topological polar surface area (TPSA) is 52.6 Å². The Kier molecular flexibility index (Phi) is 4.94. The number of rotatable bonds is 7. The fraction of sp³-hybridized carbons (Fsp3) is 0.421. The van der Waals surface area contributed by atoms with E-state index in [1.165, 1.54) is 16.3 Å². The molecule has 0 bridgehead atoms. The van der Waals surface area contributed by atoms with Crippen molar-refractivity contribution in [2.24, 2.45) is 0 Å². The lowest BCUT2D eigenvalue weighted by Crippen LogP contribution is -2.53. The SMILES string of the molecule is CCN(CC(=O)O)C1CC(NCc2cccc3ccccc23)C1. The summed E-state index contributed by atoms with van der Waals surface area (Å²) in [6, 6.07) is 15.8. The molecule has 2 N–H and O–H groups in total. The van der Waals surface area contributed by atoms with E-state index in [2.05, 4.69) is 52.7 Å². The largest absolute Gasteiger partial charge is 0.480 e. The van der Waals surface area contributed by atoms with Gasteiger partial charge in [-0.1, -0.05) is 49.4 Å².